The summed E-state index contributed by atoms with van der Waals surface area (Å²) in [6.45, 7) is 1.95. The van der Waals surface area contributed by atoms with E-state index in [0.29, 0.717) is 29.5 Å². The number of para-hydroxylation sites is 2. The van der Waals surface area contributed by atoms with Crippen molar-refractivity contribution in [3.8, 4) is 17.2 Å². The Morgan fingerprint density at radius 3 is 2.41 bits per heavy atom. The first kappa shape index (κ1) is 20.1. The number of ether oxygens (including phenoxy) is 3. The fourth-order valence-electron chi connectivity index (χ4n) is 2.42. The first-order valence-corrected chi connectivity index (χ1v) is 8.54. The number of carbonyl (C=O) groups excluding carboxylic acids is 2. The van der Waals surface area contributed by atoms with Gasteiger partial charge in [0.15, 0.2) is 18.1 Å². The van der Waals surface area contributed by atoms with Crippen LogP contribution in [-0.2, 0) is 9.59 Å². The van der Waals surface area contributed by atoms with Crippen LogP contribution in [0.2, 0.25) is 0 Å². The number of benzene rings is 2. The fraction of sp³-hybridized carbons (Fsp3) is 0.300. The van der Waals surface area contributed by atoms with Crippen LogP contribution in [-0.4, -0.2) is 50.6 Å². The van der Waals surface area contributed by atoms with Crippen molar-refractivity contribution in [2.24, 2.45) is 0 Å². The molecule has 0 aromatic heterocycles. The minimum Gasteiger partial charge on any atom is -0.497 e. The summed E-state index contributed by atoms with van der Waals surface area (Å²) in [4.78, 5) is 26.1. The van der Waals surface area contributed by atoms with Gasteiger partial charge in [-0.15, -0.1) is 0 Å². The molecule has 0 spiro atoms. The number of nitrogens with one attached hydrogen (secondary N) is 1. The second-order valence-corrected chi connectivity index (χ2v) is 5.63. The lowest BCUT2D eigenvalue weighted by atomic mass is 10.3. The summed E-state index contributed by atoms with van der Waals surface area (Å²) >= 11 is 0. The average molecular weight is 372 g/mol. The number of nitrogens with zero attached hydrogens (tertiary/aromatic N) is 1. The van der Waals surface area contributed by atoms with E-state index in [1.165, 1.54) is 12.0 Å². The van der Waals surface area contributed by atoms with Crippen LogP contribution in [0.4, 0.5) is 5.69 Å². The molecular weight excluding hydrogens is 348 g/mol. The van der Waals surface area contributed by atoms with Gasteiger partial charge in [0.2, 0.25) is 5.91 Å². The lowest BCUT2D eigenvalue weighted by Gasteiger charge is -2.21. The number of carbonyl (C=O) groups is 2. The van der Waals surface area contributed by atoms with E-state index >= 15 is 0 Å². The van der Waals surface area contributed by atoms with E-state index in [-0.39, 0.29) is 25.0 Å². The van der Waals surface area contributed by atoms with E-state index in [1.807, 2.05) is 6.07 Å². The van der Waals surface area contributed by atoms with Gasteiger partial charge in [-0.1, -0.05) is 18.2 Å². The van der Waals surface area contributed by atoms with Gasteiger partial charge in [0.25, 0.3) is 5.91 Å². The van der Waals surface area contributed by atoms with Crippen LogP contribution in [0.5, 0.6) is 17.2 Å². The van der Waals surface area contributed by atoms with Crippen molar-refractivity contribution in [2.75, 3.05) is 39.2 Å². The van der Waals surface area contributed by atoms with E-state index in [0.717, 1.165) is 0 Å². The zero-order valence-electron chi connectivity index (χ0n) is 15.7. The predicted molar refractivity (Wildman–Crippen MR) is 102 cm³/mol. The van der Waals surface area contributed by atoms with Gasteiger partial charge in [0.1, 0.15) is 5.75 Å². The molecule has 0 fully saturated rings. The van der Waals surface area contributed by atoms with Gasteiger partial charge >= 0.3 is 0 Å². The topological polar surface area (TPSA) is 77.1 Å². The molecule has 2 aromatic rings. The van der Waals surface area contributed by atoms with Crippen LogP contribution in [0.3, 0.4) is 0 Å². The highest BCUT2D eigenvalue weighted by molar-refractivity contribution is 5.94. The van der Waals surface area contributed by atoms with E-state index in [2.05, 4.69) is 5.32 Å². The molecule has 0 unspecified atom stereocenters. The molecule has 27 heavy (non-hydrogen) atoms. The molecule has 0 bridgehead atoms. The van der Waals surface area contributed by atoms with Crippen molar-refractivity contribution in [1.29, 1.82) is 0 Å². The fourth-order valence-corrected chi connectivity index (χ4v) is 2.42. The van der Waals surface area contributed by atoms with Crippen LogP contribution < -0.4 is 19.5 Å². The van der Waals surface area contributed by atoms with E-state index in [4.69, 9.17) is 14.2 Å². The molecule has 0 saturated heterocycles. The summed E-state index contributed by atoms with van der Waals surface area (Å²) < 4.78 is 15.9. The molecule has 0 aliphatic rings. The smallest absolute Gasteiger partial charge is 0.260 e. The van der Waals surface area contributed by atoms with Crippen molar-refractivity contribution in [1.82, 2.24) is 4.90 Å². The maximum atomic E-state index is 12.4. The molecule has 1 N–H and O–H groups in total. The third kappa shape index (κ3) is 5.91. The van der Waals surface area contributed by atoms with Crippen LogP contribution >= 0.6 is 0 Å². The molecule has 0 saturated carbocycles. The van der Waals surface area contributed by atoms with Gasteiger partial charge in [0.05, 0.1) is 20.8 Å². The summed E-state index contributed by atoms with van der Waals surface area (Å²) in [5, 5.41) is 2.75. The third-order valence-electron chi connectivity index (χ3n) is 3.84. The molecule has 7 heteroatoms. The first-order valence-electron chi connectivity index (χ1n) is 8.54. The molecular formula is C20H24N2O5. The SMILES string of the molecule is CCN(CC(=O)Nc1cccc(OC)c1)C(=O)COc1ccccc1OC. The van der Waals surface area contributed by atoms with E-state index in [9.17, 15) is 9.59 Å². The molecule has 2 rings (SSSR count). The Bertz CT molecular complexity index is 778. The highest BCUT2D eigenvalue weighted by atomic mass is 16.5. The first-order chi connectivity index (χ1) is 13.1. The number of amides is 2. The average Bonchev–Trinajstić information content (AvgIpc) is 2.70. The van der Waals surface area contributed by atoms with Crippen LogP contribution in [0.25, 0.3) is 0 Å². The molecule has 0 heterocycles. The largest absolute Gasteiger partial charge is 0.497 e. The van der Waals surface area contributed by atoms with Crippen molar-refractivity contribution in [3.63, 3.8) is 0 Å². The molecule has 0 radical (unpaired) electrons. The normalized spacial score (nSPS) is 10.0. The Hall–Kier alpha value is -3.22. The quantitative estimate of drug-likeness (QED) is 0.732. The van der Waals surface area contributed by atoms with Gasteiger partial charge in [-0.25, -0.2) is 0 Å². The zero-order valence-corrected chi connectivity index (χ0v) is 15.7. The lowest BCUT2D eigenvalue weighted by molar-refractivity contribution is -0.136. The standard InChI is InChI=1S/C20H24N2O5/c1-4-22(13-19(23)21-15-8-7-9-16(12-15)25-2)20(24)14-27-18-11-6-5-10-17(18)26-3/h5-12H,4,13-14H2,1-3H3,(H,21,23). The molecule has 0 atom stereocenters. The van der Waals surface area contributed by atoms with Crippen molar-refractivity contribution in [2.45, 2.75) is 6.92 Å². The van der Waals surface area contributed by atoms with Crippen LogP contribution in [0.1, 0.15) is 6.92 Å². The molecule has 2 aromatic carbocycles. The maximum Gasteiger partial charge on any atom is 0.260 e. The Balaban J connectivity index is 1.91. The second kappa shape index (κ2) is 10.1. The third-order valence-corrected chi connectivity index (χ3v) is 3.84. The number of rotatable bonds is 9. The highest BCUT2D eigenvalue weighted by Gasteiger charge is 2.17. The highest BCUT2D eigenvalue weighted by Crippen LogP contribution is 2.25. The van der Waals surface area contributed by atoms with Gasteiger partial charge < -0.3 is 24.4 Å². The van der Waals surface area contributed by atoms with Gasteiger partial charge in [-0.3, -0.25) is 9.59 Å². The molecule has 144 valence electrons. The number of hydrogen-bond acceptors (Lipinski definition) is 5. The Morgan fingerprint density at radius 2 is 1.74 bits per heavy atom. The molecule has 2 amide bonds. The van der Waals surface area contributed by atoms with Crippen molar-refractivity contribution >= 4 is 17.5 Å². The van der Waals surface area contributed by atoms with Crippen LogP contribution in [0.15, 0.2) is 48.5 Å². The Labute approximate surface area is 158 Å². The minimum absolute atomic E-state index is 0.0676. The van der Waals surface area contributed by atoms with E-state index in [1.54, 1.807) is 56.5 Å². The summed E-state index contributed by atoms with van der Waals surface area (Å²) in [5.74, 6) is 1.08. The number of hydrogen-bond donors (Lipinski definition) is 1. The Kier molecular flexibility index (Phi) is 7.49. The van der Waals surface area contributed by atoms with Crippen LogP contribution in [0, 0.1) is 0 Å². The van der Waals surface area contributed by atoms with E-state index < -0.39 is 0 Å². The van der Waals surface area contributed by atoms with Crippen molar-refractivity contribution < 1.29 is 23.8 Å². The monoisotopic (exact) mass is 372 g/mol. The number of methoxy groups -OCH3 is 2. The summed E-state index contributed by atoms with van der Waals surface area (Å²) in [6, 6.07) is 14.1. The second-order valence-electron chi connectivity index (χ2n) is 5.63. The summed E-state index contributed by atoms with van der Waals surface area (Å²) in [7, 11) is 3.09. The number of anilines is 1. The zero-order chi connectivity index (χ0) is 19.6. The minimum atomic E-state index is -0.296. The lowest BCUT2D eigenvalue weighted by Crippen LogP contribution is -2.40. The maximum absolute atomic E-state index is 12.4. The summed E-state index contributed by atoms with van der Waals surface area (Å²) in [5.41, 5.74) is 0.605. The van der Waals surface area contributed by atoms with Crippen molar-refractivity contribution in [3.05, 3.63) is 48.5 Å². The molecule has 7 nitrogen and oxygen atoms in total. The molecule has 0 aliphatic carbocycles. The number of likely N-dealkylation sites (N-methyl/N-ethyl adjacent to an activating group) is 1. The molecule has 0 aliphatic heterocycles. The Morgan fingerprint density at radius 1 is 1.00 bits per heavy atom. The van der Waals surface area contributed by atoms with Gasteiger partial charge in [-0.2, -0.15) is 0 Å². The predicted octanol–water partition coefficient (Wildman–Crippen LogP) is 2.57. The van der Waals surface area contributed by atoms with Gasteiger partial charge in [0, 0.05) is 18.3 Å². The summed E-state index contributed by atoms with van der Waals surface area (Å²) in [6.07, 6.45) is 0. The van der Waals surface area contributed by atoms with Gasteiger partial charge in [-0.05, 0) is 31.2 Å².